The van der Waals surface area contributed by atoms with E-state index in [-0.39, 0.29) is 22.9 Å². The number of benzene rings is 4. The van der Waals surface area contributed by atoms with Gasteiger partial charge in [-0.05, 0) is 99.2 Å². The van der Waals surface area contributed by atoms with Crippen LogP contribution < -0.4 is 19.2 Å². The fraction of sp³-hybridized carbons (Fsp3) is 0.235. The first-order valence-corrected chi connectivity index (χ1v) is 20.2. The van der Waals surface area contributed by atoms with E-state index in [0.717, 1.165) is 29.5 Å². The van der Waals surface area contributed by atoms with Crippen molar-refractivity contribution in [3.8, 4) is 0 Å². The predicted octanol–water partition coefficient (Wildman–Crippen LogP) is 5.07. The molecule has 0 radical (unpaired) electrons. The molecule has 0 heterocycles. The van der Waals surface area contributed by atoms with E-state index in [1.165, 1.54) is 47.8 Å². The minimum atomic E-state index is -4.08. The molecule has 0 unspecified atom stereocenters. The van der Waals surface area contributed by atoms with Gasteiger partial charge in [-0.15, -0.1) is 23.5 Å². The van der Waals surface area contributed by atoms with Crippen LogP contribution in [0.3, 0.4) is 0 Å². The largest absolute Gasteiger partial charge is 0.353 e. The quantitative estimate of drug-likeness (QED) is 0.128. The van der Waals surface area contributed by atoms with Crippen molar-refractivity contribution in [2.24, 2.45) is 0 Å². The number of nitrogens with zero attached hydrogens (tertiary/aromatic N) is 2. The molecule has 0 atom stereocenters. The molecule has 48 heavy (non-hydrogen) atoms. The maximum atomic E-state index is 13.7. The van der Waals surface area contributed by atoms with Crippen LogP contribution in [0.2, 0.25) is 0 Å². The molecule has 10 nitrogen and oxygen atoms in total. The Balaban J connectivity index is 1.41. The third-order valence-corrected chi connectivity index (χ3v) is 12.3. The third kappa shape index (κ3) is 9.34. The van der Waals surface area contributed by atoms with Crippen LogP contribution in [0.5, 0.6) is 0 Å². The summed E-state index contributed by atoms with van der Waals surface area (Å²) < 4.78 is 56.7. The number of hydrogen-bond acceptors (Lipinski definition) is 8. The zero-order chi connectivity index (χ0) is 34.9. The molecule has 0 aromatic heterocycles. The number of anilines is 2. The molecule has 2 amide bonds. The summed E-state index contributed by atoms with van der Waals surface area (Å²) >= 11 is 2.97. The summed E-state index contributed by atoms with van der Waals surface area (Å²) in [6.45, 7) is 2.76. The van der Waals surface area contributed by atoms with Crippen LogP contribution in [0, 0.1) is 13.8 Å². The highest BCUT2D eigenvalue weighted by atomic mass is 32.2. The Morgan fingerprint density at radius 3 is 1.15 bits per heavy atom. The average molecular weight is 727 g/mol. The molecule has 0 aliphatic carbocycles. The number of amides is 2. The normalized spacial score (nSPS) is 11.5. The van der Waals surface area contributed by atoms with Crippen molar-refractivity contribution in [2.75, 3.05) is 47.3 Å². The Hall–Kier alpha value is -3.98. The smallest absolute Gasteiger partial charge is 0.264 e. The van der Waals surface area contributed by atoms with Crippen molar-refractivity contribution >= 4 is 66.8 Å². The minimum absolute atomic E-state index is 0.0117. The number of rotatable bonds is 15. The molecule has 14 heteroatoms. The molecule has 2 N–H and O–H groups in total. The molecule has 0 bridgehead atoms. The highest BCUT2D eigenvalue weighted by molar-refractivity contribution is 7.98. The molecular weight excluding hydrogens is 689 g/mol. The van der Waals surface area contributed by atoms with Crippen molar-refractivity contribution in [3.05, 3.63) is 108 Å². The Bertz CT molecular complexity index is 1770. The molecule has 0 aliphatic heterocycles. The molecule has 254 valence electrons. The van der Waals surface area contributed by atoms with Gasteiger partial charge in [-0.25, -0.2) is 16.8 Å². The van der Waals surface area contributed by atoms with Crippen molar-refractivity contribution in [1.82, 2.24) is 10.6 Å². The maximum absolute atomic E-state index is 13.7. The number of hydrogen-bond donors (Lipinski definition) is 2. The number of thioether (sulfide) groups is 2. The van der Waals surface area contributed by atoms with E-state index in [2.05, 4.69) is 10.6 Å². The van der Waals surface area contributed by atoms with Gasteiger partial charge in [0.2, 0.25) is 11.8 Å². The summed E-state index contributed by atoms with van der Waals surface area (Å²) in [5.41, 5.74) is 2.53. The number of aryl methyl sites for hydroxylation is 2. The lowest BCUT2D eigenvalue weighted by Gasteiger charge is -2.25. The zero-order valence-corrected chi connectivity index (χ0v) is 30.3. The fourth-order valence-electron chi connectivity index (χ4n) is 4.58. The Kier molecular flexibility index (Phi) is 12.6. The fourth-order valence-corrected chi connectivity index (χ4v) is 8.24. The highest BCUT2D eigenvalue weighted by Crippen LogP contribution is 2.27. The van der Waals surface area contributed by atoms with Gasteiger partial charge in [-0.3, -0.25) is 18.2 Å². The molecule has 4 aromatic carbocycles. The topological polar surface area (TPSA) is 133 Å². The van der Waals surface area contributed by atoms with Gasteiger partial charge in [0.05, 0.1) is 21.2 Å². The molecular formula is C34H38N4O6S4. The second-order valence-electron chi connectivity index (χ2n) is 10.7. The van der Waals surface area contributed by atoms with Crippen LogP contribution in [-0.4, -0.2) is 67.3 Å². The second-order valence-corrected chi connectivity index (χ2v) is 16.2. The van der Waals surface area contributed by atoms with Gasteiger partial charge in [0.1, 0.15) is 13.1 Å². The molecule has 0 spiro atoms. The van der Waals surface area contributed by atoms with Crippen LogP contribution in [0.1, 0.15) is 11.1 Å². The SMILES string of the molecule is CSc1ccc(S(=O)(=O)N(CC(=O)NCCNC(=O)CN(c2ccc(C)cc2)S(=O)(=O)c2ccc(SC)cc2)c2ccc(C)cc2)cc1. The molecule has 0 aliphatic rings. The van der Waals surface area contributed by atoms with E-state index < -0.39 is 45.0 Å². The van der Waals surface area contributed by atoms with Crippen molar-refractivity contribution in [1.29, 1.82) is 0 Å². The van der Waals surface area contributed by atoms with Crippen molar-refractivity contribution < 1.29 is 26.4 Å². The number of carbonyl (C=O) groups excluding carboxylic acids is 2. The number of carbonyl (C=O) groups is 2. The van der Waals surface area contributed by atoms with E-state index >= 15 is 0 Å². The van der Waals surface area contributed by atoms with E-state index in [1.807, 2.05) is 26.4 Å². The molecule has 0 fully saturated rings. The third-order valence-electron chi connectivity index (χ3n) is 7.28. The molecule has 4 aromatic rings. The maximum Gasteiger partial charge on any atom is 0.264 e. The molecule has 0 saturated heterocycles. The van der Waals surface area contributed by atoms with Gasteiger partial charge >= 0.3 is 0 Å². The Morgan fingerprint density at radius 1 is 0.542 bits per heavy atom. The summed E-state index contributed by atoms with van der Waals surface area (Å²) in [5.74, 6) is -1.15. The van der Waals surface area contributed by atoms with Gasteiger partial charge < -0.3 is 10.6 Å². The van der Waals surface area contributed by atoms with Crippen molar-refractivity contribution in [2.45, 2.75) is 33.4 Å². The summed E-state index contributed by atoms with van der Waals surface area (Å²) in [5, 5.41) is 5.31. The lowest BCUT2D eigenvalue weighted by Crippen LogP contribution is -2.45. The highest BCUT2D eigenvalue weighted by Gasteiger charge is 2.29. The van der Waals surface area contributed by atoms with Crippen LogP contribution >= 0.6 is 23.5 Å². The lowest BCUT2D eigenvalue weighted by molar-refractivity contribution is -0.121. The zero-order valence-electron chi connectivity index (χ0n) is 27.0. The van der Waals surface area contributed by atoms with Crippen LogP contribution in [-0.2, 0) is 29.6 Å². The number of sulfonamides is 2. The lowest BCUT2D eigenvalue weighted by atomic mass is 10.2. The van der Waals surface area contributed by atoms with Gasteiger partial charge in [-0.2, -0.15) is 0 Å². The van der Waals surface area contributed by atoms with E-state index in [4.69, 9.17) is 0 Å². The van der Waals surface area contributed by atoms with Crippen LogP contribution in [0.4, 0.5) is 11.4 Å². The summed E-state index contributed by atoms with van der Waals surface area (Å²) in [6, 6.07) is 26.5. The first kappa shape index (κ1) is 36.8. The monoisotopic (exact) mass is 726 g/mol. The Labute approximate surface area is 291 Å². The Morgan fingerprint density at radius 2 is 0.854 bits per heavy atom. The minimum Gasteiger partial charge on any atom is -0.353 e. The van der Waals surface area contributed by atoms with E-state index in [0.29, 0.717) is 11.4 Å². The molecule has 4 rings (SSSR count). The van der Waals surface area contributed by atoms with Gasteiger partial charge in [0, 0.05) is 22.9 Å². The predicted molar refractivity (Wildman–Crippen MR) is 194 cm³/mol. The average Bonchev–Trinajstić information content (AvgIpc) is 3.09. The molecule has 0 saturated carbocycles. The standard InChI is InChI=1S/C34H38N4O6S4/c1-25-5-9-27(10-6-25)37(47(41,42)31-17-13-29(45-3)14-18-31)23-33(39)35-21-22-36-34(40)24-38(28-11-7-26(2)8-12-28)48(43,44)32-19-15-30(46-4)16-20-32/h5-20H,21-24H2,1-4H3,(H,35,39)(H,36,40). The number of nitrogens with one attached hydrogen (secondary N) is 2. The van der Waals surface area contributed by atoms with Gasteiger partial charge in [0.15, 0.2) is 0 Å². The van der Waals surface area contributed by atoms with Crippen LogP contribution in [0.25, 0.3) is 0 Å². The summed E-state index contributed by atoms with van der Waals surface area (Å²) in [7, 11) is -8.17. The van der Waals surface area contributed by atoms with Gasteiger partial charge in [0.25, 0.3) is 20.0 Å². The van der Waals surface area contributed by atoms with E-state index in [1.54, 1.807) is 72.8 Å². The first-order valence-electron chi connectivity index (χ1n) is 14.9. The van der Waals surface area contributed by atoms with Gasteiger partial charge in [-0.1, -0.05) is 35.4 Å². The second kappa shape index (κ2) is 16.4. The van der Waals surface area contributed by atoms with Crippen LogP contribution in [0.15, 0.2) is 117 Å². The van der Waals surface area contributed by atoms with E-state index in [9.17, 15) is 26.4 Å². The summed E-state index contributed by atoms with van der Waals surface area (Å²) in [6.07, 6.45) is 3.78. The van der Waals surface area contributed by atoms with Crippen molar-refractivity contribution in [3.63, 3.8) is 0 Å². The summed E-state index contributed by atoms with van der Waals surface area (Å²) in [4.78, 5) is 27.9. The first-order chi connectivity index (χ1) is 22.8.